The van der Waals surface area contributed by atoms with Crippen LogP contribution in [0.5, 0.6) is 11.5 Å². The van der Waals surface area contributed by atoms with Gasteiger partial charge in [0.2, 0.25) is 6.79 Å². The summed E-state index contributed by atoms with van der Waals surface area (Å²) in [7, 11) is 0. The first-order valence-electron chi connectivity index (χ1n) is 9.31. The van der Waals surface area contributed by atoms with Crippen molar-refractivity contribution in [3.63, 3.8) is 0 Å². The van der Waals surface area contributed by atoms with Gasteiger partial charge < -0.3 is 23.4 Å². The number of rotatable bonds is 5. The Balaban J connectivity index is 1.86. The monoisotopic (exact) mass is 368 g/mol. The molecule has 27 heavy (non-hydrogen) atoms. The van der Waals surface area contributed by atoms with E-state index in [1.165, 1.54) is 0 Å². The maximum Gasteiger partial charge on any atom is 0.231 e. The molecule has 1 aliphatic carbocycles. The predicted octanol–water partition coefficient (Wildman–Crippen LogP) is 5.18. The van der Waals surface area contributed by atoms with Gasteiger partial charge in [-0.15, -0.1) is 0 Å². The lowest BCUT2D eigenvalue weighted by atomic mass is 9.97. The summed E-state index contributed by atoms with van der Waals surface area (Å²) in [5.74, 6) is 4.82. The number of furan rings is 1. The molecule has 0 bridgehead atoms. The number of ether oxygens (including phenoxy) is 4. The van der Waals surface area contributed by atoms with Gasteiger partial charge in [-0.1, -0.05) is 6.07 Å². The van der Waals surface area contributed by atoms with Gasteiger partial charge in [0.1, 0.15) is 23.0 Å². The fraction of sp³-hybridized carbons (Fsp3) is 0.364. The van der Waals surface area contributed by atoms with Crippen LogP contribution in [0.3, 0.4) is 0 Å². The summed E-state index contributed by atoms with van der Waals surface area (Å²) in [6.45, 7) is 9.31. The number of aryl methyl sites for hydroxylation is 2. The first-order chi connectivity index (χ1) is 13.1. The van der Waals surface area contributed by atoms with E-state index < -0.39 is 0 Å². The number of benzene rings is 1. The van der Waals surface area contributed by atoms with E-state index in [1.807, 2.05) is 39.8 Å². The highest BCUT2D eigenvalue weighted by molar-refractivity contribution is 5.80. The maximum absolute atomic E-state index is 6.01. The molecule has 2 aliphatic rings. The molecule has 5 nitrogen and oxygen atoms in total. The molecule has 0 N–H and O–H groups in total. The van der Waals surface area contributed by atoms with Crippen LogP contribution in [0.2, 0.25) is 0 Å². The zero-order valence-corrected chi connectivity index (χ0v) is 16.1. The molecule has 0 saturated heterocycles. The van der Waals surface area contributed by atoms with Crippen molar-refractivity contribution >= 4 is 11.5 Å². The zero-order chi connectivity index (χ0) is 19.0. The second-order valence-electron chi connectivity index (χ2n) is 6.53. The number of hydrogen-bond donors (Lipinski definition) is 0. The van der Waals surface area contributed by atoms with Crippen LogP contribution in [0, 0.1) is 13.8 Å². The molecule has 1 aromatic heterocycles. The van der Waals surface area contributed by atoms with E-state index in [-0.39, 0.29) is 12.7 Å². The van der Waals surface area contributed by atoms with Crippen LogP contribution in [0.1, 0.15) is 48.0 Å². The predicted molar refractivity (Wildman–Crippen MR) is 103 cm³/mol. The van der Waals surface area contributed by atoms with Crippen LogP contribution in [0.25, 0.3) is 11.5 Å². The Kier molecular flexibility index (Phi) is 4.60. The van der Waals surface area contributed by atoms with Crippen LogP contribution in [0.15, 0.2) is 34.8 Å². The van der Waals surface area contributed by atoms with E-state index in [1.54, 1.807) is 0 Å². The Morgan fingerprint density at radius 3 is 2.07 bits per heavy atom. The summed E-state index contributed by atoms with van der Waals surface area (Å²) in [5.41, 5.74) is 3.03. The van der Waals surface area contributed by atoms with Crippen molar-refractivity contribution in [2.24, 2.45) is 0 Å². The van der Waals surface area contributed by atoms with Crippen molar-refractivity contribution in [1.29, 1.82) is 0 Å². The highest BCUT2D eigenvalue weighted by atomic mass is 16.7. The highest BCUT2D eigenvalue weighted by Crippen LogP contribution is 2.42. The van der Waals surface area contributed by atoms with Crippen molar-refractivity contribution < 1.29 is 23.4 Å². The van der Waals surface area contributed by atoms with Gasteiger partial charge in [-0.25, -0.2) is 0 Å². The topological polar surface area (TPSA) is 50.1 Å². The third-order valence-corrected chi connectivity index (χ3v) is 4.80. The molecule has 0 saturated carbocycles. The standard InChI is InChI=1S/C22H24O5/c1-5-23-19-10-16(15-7-8-17-18(9-15)26-12-25-17)11-20(24-6-2)22-14(4)27-13(3)21(19)22/h7-11,16H,5-6,12H2,1-4H3. The van der Waals surface area contributed by atoms with Gasteiger partial charge in [0.15, 0.2) is 11.5 Å². The van der Waals surface area contributed by atoms with Gasteiger partial charge >= 0.3 is 0 Å². The second-order valence-corrected chi connectivity index (χ2v) is 6.53. The largest absolute Gasteiger partial charge is 0.493 e. The third-order valence-electron chi connectivity index (χ3n) is 4.80. The summed E-state index contributed by atoms with van der Waals surface area (Å²) in [6.07, 6.45) is 4.24. The Morgan fingerprint density at radius 1 is 0.889 bits per heavy atom. The Labute approximate surface area is 159 Å². The maximum atomic E-state index is 6.01. The highest BCUT2D eigenvalue weighted by Gasteiger charge is 2.28. The van der Waals surface area contributed by atoms with Crippen molar-refractivity contribution in [2.45, 2.75) is 33.6 Å². The molecular formula is C22H24O5. The first-order valence-corrected chi connectivity index (χ1v) is 9.31. The lowest BCUT2D eigenvalue weighted by Crippen LogP contribution is -1.98. The SMILES string of the molecule is CCOC1=CC(c2ccc3c(c2)OCO3)C=C(OCC)c2c(C)oc(C)c21. The molecule has 0 atom stereocenters. The molecule has 4 rings (SSSR count). The Morgan fingerprint density at radius 2 is 1.48 bits per heavy atom. The molecule has 2 aromatic rings. The summed E-state index contributed by atoms with van der Waals surface area (Å²) in [6, 6.07) is 6.02. The van der Waals surface area contributed by atoms with E-state index in [0.717, 1.165) is 51.2 Å². The van der Waals surface area contributed by atoms with E-state index in [9.17, 15) is 0 Å². The fourth-order valence-corrected chi connectivity index (χ4v) is 3.68. The molecule has 2 heterocycles. The summed E-state index contributed by atoms with van der Waals surface area (Å²) in [5, 5.41) is 0. The lowest BCUT2D eigenvalue weighted by molar-refractivity contribution is 0.174. The molecule has 0 spiro atoms. The average Bonchev–Trinajstić information content (AvgIpc) is 3.18. The average molecular weight is 368 g/mol. The van der Waals surface area contributed by atoms with Gasteiger partial charge in [0, 0.05) is 5.92 Å². The van der Waals surface area contributed by atoms with Gasteiger partial charge in [0.05, 0.1) is 24.3 Å². The normalized spacial score (nSPS) is 15.7. The number of allylic oxidation sites excluding steroid dienone is 2. The Hall–Kier alpha value is -2.82. The lowest BCUT2D eigenvalue weighted by Gasteiger charge is -2.12. The molecular weight excluding hydrogens is 344 g/mol. The molecule has 1 aliphatic heterocycles. The van der Waals surface area contributed by atoms with Gasteiger partial charge in [0.25, 0.3) is 0 Å². The van der Waals surface area contributed by atoms with Crippen LogP contribution in [-0.2, 0) is 9.47 Å². The number of hydrogen-bond acceptors (Lipinski definition) is 5. The molecule has 142 valence electrons. The van der Waals surface area contributed by atoms with Crippen molar-refractivity contribution in [3.8, 4) is 11.5 Å². The fourth-order valence-electron chi connectivity index (χ4n) is 3.68. The van der Waals surface area contributed by atoms with Crippen molar-refractivity contribution in [3.05, 3.63) is 58.6 Å². The molecule has 5 heteroatoms. The van der Waals surface area contributed by atoms with E-state index in [2.05, 4.69) is 18.2 Å². The quantitative estimate of drug-likeness (QED) is 0.728. The van der Waals surface area contributed by atoms with Gasteiger partial charge in [-0.05, 0) is 57.5 Å². The minimum absolute atomic E-state index is 0.0196. The van der Waals surface area contributed by atoms with Crippen LogP contribution in [-0.4, -0.2) is 20.0 Å². The van der Waals surface area contributed by atoms with Crippen LogP contribution < -0.4 is 9.47 Å². The molecule has 1 aromatic carbocycles. The summed E-state index contributed by atoms with van der Waals surface area (Å²) < 4.78 is 28.9. The minimum Gasteiger partial charge on any atom is -0.493 e. The second kappa shape index (κ2) is 7.06. The first kappa shape index (κ1) is 17.6. The number of fused-ring (bicyclic) bond motifs is 2. The minimum atomic E-state index is -0.0196. The third kappa shape index (κ3) is 3.07. The molecule has 0 amide bonds. The van der Waals surface area contributed by atoms with Crippen LogP contribution >= 0.6 is 0 Å². The molecule has 0 radical (unpaired) electrons. The van der Waals surface area contributed by atoms with Gasteiger partial charge in [-0.3, -0.25) is 0 Å². The van der Waals surface area contributed by atoms with Crippen molar-refractivity contribution in [2.75, 3.05) is 20.0 Å². The van der Waals surface area contributed by atoms with E-state index in [4.69, 9.17) is 23.4 Å². The van der Waals surface area contributed by atoms with E-state index in [0.29, 0.717) is 13.2 Å². The molecule has 0 fully saturated rings. The van der Waals surface area contributed by atoms with E-state index >= 15 is 0 Å². The van der Waals surface area contributed by atoms with Crippen LogP contribution in [0.4, 0.5) is 0 Å². The zero-order valence-electron chi connectivity index (χ0n) is 16.1. The van der Waals surface area contributed by atoms with Gasteiger partial charge in [-0.2, -0.15) is 0 Å². The Bertz CT molecular complexity index is 875. The smallest absolute Gasteiger partial charge is 0.231 e. The van der Waals surface area contributed by atoms with Crippen molar-refractivity contribution in [1.82, 2.24) is 0 Å². The summed E-state index contributed by atoms with van der Waals surface area (Å²) in [4.78, 5) is 0. The molecule has 0 unspecified atom stereocenters. The summed E-state index contributed by atoms with van der Waals surface area (Å²) >= 11 is 0.